The van der Waals surface area contributed by atoms with Crippen LogP contribution in [0.5, 0.6) is 0 Å². The van der Waals surface area contributed by atoms with Crippen LogP contribution >= 0.6 is 0 Å². The first-order valence-electron chi connectivity index (χ1n) is 9.62. The summed E-state index contributed by atoms with van der Waals surface area (Å²) in [5.41, 5.74) is 4.16. The first-order chi connectivity index (χ1) is 14.0. The second-order valence-electron chi connectivity index (χ2n) is 6.65. The molecule has 8 nitrogen and oxygen atoms in total. The van der Waals surface area contributed by atoms with E-state index in [9.17, 15) is 14.4 Å². The molecule has 1 aliphatic heterocycles. The smallest absolute Gasteiger partial charge is 0.429 e. The van der Waals surface area contributed by atoms with E-state index in [1.54, 1.807) is 24.8 Å². The molecule has 3 amide bonds. The second-order valence-corrected chi connectivity index (χ2v) is 6.65. The summed E-state index contributed by atoms with van der Waals surface area (Å²) in [6.45, 7) is 5.21. The highest BCUT2D eigenvalue weighted by atomic mass is 16.6. The number of hydrazine groups is 1. The van der Waals surface area contributed by atoms with E-state index in [1.165, 1.54) is 6.92 Å². The SMILES string of the molecule is CCOC(=O)NN(C(=O)OCC)[C@@H]1C=C[C@@H]2[C@H]1C=C(c1ccccc1)N2C(C)=O. The predicted molar refractivity (Wildman–Crippen MR) is 106 cm³/mol. The first-order valence-corrected chi connectivity index (χ1v) is 9.62. The van der Waals surface area contributed by atoms with Crippen molar-refractivity contribution in [3.8, 4) is 0 Å². The number of benzene rings is 1. The number of nitrogens with one attached hydrogen (secondary N) is 1. The number of carbonyl (C=O) groups excluding carboxylic acids is 3. The summed E-state index contributed by atoms with van der Waals surface area (Å²) in [6.07, 6.45) is 4.21. The van der Waals surface area contributed by atoms with E-state index in [0.29, 0.717) is 0 Å². The summed E-state index contributed by atoms with van der Waals surface area (Å²) in [7, 11) is 0. The number of nitrogens with zero attached hydrogens (tertiary/aromatic N) is 2. The number of fused-ring (bicyclic) bond motifs is 1. The lowest BCUT2D eigenvalue weighted by Crippen LogP contribution is -2.54. The van der Waals surface area contributed by atoms with E-state index < -0.39 is 18.2 Å². The Labute approximate surface area is 169 Å². The molecule has 0 saturated carbocycles. The molecular formula is C21H25N3O5. The Morgan fingerprint density at radius 1 is 1.07 bits per heavy atom. The maximum Gasteiger partial charge on any atom is 0.429 e. The zero-order valence-corrected chi connectivity index (χ0v) is 16.7. The predicted octanol–water partition coefficient (Wildman–Crippen LogP) is 2.93. The van der Waals surface area contributed by atoms with Gasteiger partial charge in [-0.3, -0.25) is 4.79 Å². The van der Waals surface area contributed by atoms with Gasteiger partial charge in [-0.25, -0.2) is 20.0 Å². The Morgan fingerprint density at radius 3 is 2.38 bits per heavy atom. The molecule has 0 bridgehead atoms. The summed E-state index contributed by atoms with van der Waals surface area (Å²) < 4.78 is 10.0. The van der Waals surface area contributed by atoms with Crippen molar-refractivity contribution in [3.63, 3.8) is 0 Å². The fourth-order valence-electron chi connectivity index (χ4n) is 3.74. The Balaban J connectivity index is 1.93. The van der Waals surface area contributed by atoms with Gasteiger partial charge in [-0.1, -0.05) is 48.6 Å². The molecule has 1 N–H and O–H groups in total. The van der Waals surface area contributed by atoms with Crippen LogP contribution in [0.2, 0.25) is 0 Å². The molecule has 0 fully saturated rings. The lowest BCUT2D eigenvalue weighted by molar-refractivity contribution is -0.126. The summed E-state index contributed by atoms with van der Waals surface area (Å²) in [5.74, 6) is -0.334. The molecule has 2 aliphatic rings. The van der Waals surface area contributed by atoms with Crippen molar-refractivity contribution in [1.29, 1.82) is 0 Å². The Morgan fingerprint density at radius 2 is 1.76 bits per heavy atom. The van der Waals surface area contributed by atoms with Crippen LogP contribution in [0.15, 0.2) is 48.6 Å². The molecule has 1 aliphatic carbocycles. The molecule has 1 aromatic rings. The zero-order valence-electron chi connectivity index (χ0n) is 16.7. The topological polar surface area (TPSA) is 88.2 Å². The van der Waals surface area contributed by atoms with Crippen LogP contribution in [0, 0.1) is 5.92 Å². The average molecular weight is 399 g/mol. The molecule has 0 unspecified atom stereocenters. The summed E-state index contributed by atoms with van der Waals surface area (Å²) in [4.78, 5) is 38.6. The van der Waals surface area contributed by atoms with Crippen LogP contribution in [0.25, 0.3) is 5.70 Å². The summed E-state index contributed by atoms with van der Waals surface area (Å²) >= 11 is 0. The van der Waals surface area contributed by atoms with Gasteiger partial charge in [-0.05, 0) is 19.4 Å². The van der Waals surface area contributed by atoms with E-state index in [4.69, 9.17) is 9.47 Å². The van der Waals surface area contributed by atoms with Gasteiger partial charge in [0.25, 0.3) is 0 Å². The number of hydrogen-bond acceptors (Lipinski definition) is 5. The third-order valence-corrected chi connectivity index (χ3v) is 4.86. The van der Waals surface area contributed by atoms with Crippen molar-refractivity contribution >= 4 is 23.8 Å². The maximum absolute atomic E-state index is 12.5. The molecule has 0 saturated heterocycles. The van der Waals surface area contributed by atoms with Crippen LogP contribution < -0.4 is 5.43 Å². The second kappa shape index (κ2) is 8.81. The fraction of sp³-hybridized carbons (Fsp3) is 0.381. The summed E-state index contributed by atoms with van der Waals surface area (Å²) in [6, 6.07) is 8.81. The molecule has 29 heavy (non-hydrogen) atoms. The molecule has 0 aromatic heterocycles. The number of hydrogen-bond donors (Lipinski definition) is 1. The highest BCUT2D eigenvalue weighted by Crippen LogP contribution is 2.41. The van der Waals surface area contributed by atoms with E-state index in [1.807, 2.05) is 42.5 Å². The monoisotopic (exact) mass is 399 g/mol. The molecule has 154 valence electrons. The quantitative estimate of drug-likeness (QED) is 0.621. The average Bonchev–Trinajstić information content (AvgIpc) is 3.26. The van der Waals surface area contributed by atoms with Crippen molar-refractivity contribution in [2.75, 3.05) is 13.2 Å². The van der Waals surface area contributed by atoms with Gasteiger partial charge in [0.05, 0.1) is 25.3 Å². The van der Waals surface area contributed by atoms with Gasteiger partial charge in [-0.15, -0.1) is 0 Å². The van der Waals surface area contributed by atoms with Crippen LogP contribution in [0.1, 0.15) is 26.3 Å². The molecule has 0 radical (unpaired) electrons. The number of carbonyl (C=O) groups is 3. The number of rotatable bonds is 4. The van der Waals surface area contributed by atoms with Crippen LogP contribution in [0.4, 0.5) is 9.59 Å². The standard InChI is InChI=1S/C21H25N3O5/c1-4-28-20(26)22-24(21(27)29-5-2)18-12-11-17-16(18)13-19(23(17)14(3)25)15-9-7-6-8-10-15/h6-13,16-18H,4-5H2,1-3H3,(H,22,26)/t16-,17-,18-/m1/s1. The maximum atomic E-state index is 12.5. The van der Waals surface area contributed by atoms with Crippen molar-refractivity contribution in [1.82, 2.24) is 15.3 Å². The summed E-state index contributed by atoms with van der Waals surface area (Å²) in [5, 5.41) is 1.13. The molecule has 0 spiro atoms. The molecular weight excluding hydrogens is 374 g/mol. The van der Waals surface area contributed by atoms with Gasteiger partial charge < -0.3 is 14.4 Å². The van der Waals surface area contributed by atoms with Crippen LogP contribution in [-0.2, 0) is 14.3 Å². The zero-order chi connectivity index (χ0) is 21.0. The van der Waals surface area contributed by atoms with Crippen LogP contribution in [0.3, 0.4) is 0 Å². The van der Waals surface area contributed by atoms with Gasteiger partial charge in [0.1, 0.15) is 0 Å². The van der Waals surface area contributed by atoms with E-state index >= 15 is 0 Å². The van der Waals surface area contributed by atoms with Crippen LogP contribution in [-0.4, -0.2) is 53.3 Å². The van der Waals surface area contributed by atoms with Crippen molar-refractivity contribution in [2.24, 2.45) is 5.92 Å². The highest BCUT2D eigenvalue weighted by molar-refractivity contribution is 5.88. The Bertz CT molecular complexity index is 836. The van der Waals surface area contributed by atoms with Gasteiger partial charge in [0.2, 0.25) is 5.91 Å². The normalized spacial score (nSPS) is 22.0. The Kier molecular flexibility index (Phi) is 6.21. The molecule has 1 aromatic carbocycles. The van der Waals surface area contributed by atoms with Gasteiger partial charge >= 0.3 is 12.2 Å². The van der Waals surface area contributed by atoms with Gasteiger partial charge in [0.15, 0.2) is 0 Å². The number of amides is 3. The first kappa shape index (κ1) is 20.4. The minimum atomic E-state index is -0.744. The number of ether oxygens (including phenoxy) is 2. The van der Waals surface area contributed by atoms with Gasteiger partial charge in [0, 0.05) is 18.5 Å². The van der Waals surface area contributed by atoms with Crippen molar-refractivity contribution in [2.45, 2.75) is 32.9 Å². The lowest BCUT2D eigenvalue weighted by Gasteiger charge is -2.31. The largest absolute Gasteiger partial charge is 0.449 e. The minimum absolute atomic E-state index is 0.0982. The third-order valence-electron chi connectivity index (χ3n) is 4.86. The van der Waals surface area contributed by atoms with E-state index in [-0.39, 0.29) is 31.1 Å². The lowest BCUT2D eigenvalue weighted by atomic mass is 9.99. The van der Waals surface area contributed by atoms with E-state index in [0.717, 1.165) is 16.3 Å². The van der Waals surface area contributed by atoms with Gasteiger partial charge in [-0.2, -0.15) is 0 Å². The molecule has 3 rings (SSSR count). The third kappa shape index (κ3) is 4.11. The minimum Gasteiger partial charge on any atom is -0.449 e. The molecule has 8 heteroatoms. The van der Waals surface area contributed by atoms with Crippen molar-refractivity contribution < 1.29 is 23.9 Å². The molecule has 3 atom stereocenters. The Hall–Kier alpha value is -3.29. The fourth-order valence-corrected chi connectivity index (χ4v) is 3.74. The highest BCUT2D eigenvalue weighted by Gasteiger charge is 2.46. The van der Waals surface area contributed by atoms with E-state index in [2.05, 4.69) is 5.43 Å². The van der Waals surface area contributed by atoms with Crippen molar-refractivity contribution in [3.05, 3.63) is 54.1 Å². The molecule has 1 heterocycles.